The number of amides is 1. The van der Waals surface area contributed by atoms with E-state index in [9.17, 15) is 14.9 Å². The van der Waals surface area contributed by atoms with E-state index in [1.54, 1.807) is 24.3 Å². The Morgan fingerprint density at radius 2 is 1.97 bits per heavy atom. The van der Waals surface area contributed by atoms with Crippen LogP contribution in [0.25, 0.3) is 0 Å². The average Bonchev–Trinajstić information content (AvgIpc) is 2.70. The fraction of sp³-hybridized carbons (Fsp3) is 0.0556. The van der Waals surface area contributed by atoms with Gasteiger partial charge in [-0.2, -0.15) is 4.98 Å². The summed E-state index contributed by atoms with van der Waals surface area (Å²) in [6.07, 6.45) is 1.37. The summed E-state index contributed by atoms with van der Waals surface area (Å²) >= 11 is 6.16. The Labute approximate surface area is 169 Å². The summed E-state index contributed by atoms with van der Waals surface area (Å²) in [5.41, 5.74) is 6.39. The number of benzene rings is 2. The highest BCUT2D eigenvalue weighted by Gasteiger charge is 2.14. The van der Waals surface area contributed by atoms with Gasteiger partial charge in [-0.25, -0.2) is 4.98 Å². The number of carbonyl (C=O) groups is 1. The molecule has 2 aromatic carbocycles. The number of primary amides is 1. The molecule has 0 fully saturated rings. The summed E-state index contributed by atoms with van der Waals surface area (Å²) in [7, 11) is 1.39. The van der Waals surface area contributed by atoms with Crippen LogP contribution in [-0.2, 0) is 0 Å². The zero-order valence-electron chi connectivity index (χ0n) is 15.0. The van der Waals surface area contributed by atoms with Gasteiger partial charge in [0.1, 0.15) is 10.8 Å². The molecule has 1 aromatic heterocycles. The maximum absolute atomic E-state index is 11.6. The molecule has 0 aliphatic carbocycles. The summed E-state index contributed by atoms with van der Waals surface area (Å²) in [6.45, 7) is 0. The van der Waals surface area contributed by atoms with Crippen molar-refractivity contribution in [3.05, 3.63) is 69.4 Å². The van der Waals surface area contributed by atoms with E-state index < -0.39 is 10.8 Å². The maximum Gasteiger partial charge on any atom is 0.273 e. The van der Waals surface area contributed by atoms with Crippen LogP contribution >= 0.6 is 11.6 Å². The summed E-state index contributed by atoms with van der Waals surface area (Å²) in [5.74, 6) is 0.0259. The first kappa shape index (κ1) is 19.8. The molecule has 0 unspecified atom stereocenters. The van der Waals surface area contributed by atoms with E-state index in [0.29, 0.717) is 11.4 Å². The van der Waals surface area contributed by atoms with Crippen LogP contribution in [0.5, 0.6) is 5.75 Å². The van der Waals surface area contributed by atoms with Gasteiger partial charge >= 0.3 is 0 Å². The topological polar surface area (TPSA) is 145 Å². The number of rotatable bonds is 7. The van der Waals surface area contributed by atoms with E-state index in [1.165, 1.54) is 31.5 Å². The molecule has 3 rings (SSSR count). The molecule has 0 saturated heterocycles. The molecule has 29 heavy (non-hydrogen) atoms. The lowest BCUT2D eigenvalue weighted by molar-refractivity contribution is -0.384. The number of ether oxygens (including phenoxy) is 1. The van der Waals surface area contributed by atoms with Crippen LogP contribution in [0.2, 0.25) is 5.02 Å². The monoisotopic (exact) mass is 414 g/mol. The van der Waals surface area contributed by atoms with Crippen molar-refractivity contribution in [3.63, 3.8) is 0 Å². The van der Waals surface area contributed by atoms with Crippen LogP contribution in [-0.4, -0.2) is 27.9 Å². The molecule has 0 spiro atoms. The van der Waals surface area contributed by atoms with E-state index >= 15 is 0 Å². The van der Waals surface area contributed by atoms with Crippen LogP contribution in [0, 0.1) is 10.1 Å². The van der Waals surface area contributed by atoms with Crippen molar-refractivity contribution in [2.24, 2.45) is 5.73 Å². The number of hydrogen-bond donors (Lipinski definition) is 3. The van der Waals surface area contributed by atoms with Crippen molar-refractivity contribution in [3.8, 4) is 5.75 Å². The molecule has 0 aliphatic heterocycles. The van der Waals surface area contributed by atoms with Crippen molar-refractivity contribution < 1.29 is 14.5 Å². The first-order valence-corrected chi connectivity index (χ1v) is 8.54. The van der Waals surface area contributed by atoms with Crippen molar-refractivity contribution in [1.29, 1.82) is 0 Å². The number of nitrogens with two attached hydrogens (primary N) is 1. The molecule has 10 nitrogen and oxygen atoms in total. The Balaban J connectivity index is 1.91. The second kappa shape index (κ2) is 8.40. The summed E-state index contributed by atoms with van der Waals surface area (Å²) in [5, 5.41) is 17.0. The van der Waals surface area contributed by atoms with Crippen molar-refractivity contribution in [2.75, 3.05) is 17.7 Å². The number of nitro groups is 1. The molecule has 1 heterocycles. The number of nitro benzene ring substituents is 1. The average molecular weight is 415 g/mol. The van der Waals surface area contributed by atoms with E-state index in [-0.39, 0.29) is 33.8 Å². The SMILES string of the molecule is COc1cc([N+](=O)[O-])ccc1Nc1ncc(Cl)c(Nc2ccccc2C(N)=O)n1. The first-order chi connectivity index (χ1) is 13.9. The number of methoxy groups -OCH3 is 1. The van der Waals surface area contributed by atoms with Gasteiger partial charge in [-0.05, 0) is 18.2 Å². The Morgan fingerprint density at radius 3 is 2.66 bits per heavy atom. The molecule has 11 heteroatoms. The normalized spacial score (nSPS) is 10.3. The van der Waals surface area contributed by atoms with Crippen LogP contribution in [0.3, 0.4) is 0 Å². The third-order valence-electron chi connectivity index (χ3n) is 3.83. The molecule has 0 saturated carbocycles. The van der Waals surface area contributed by atoms with Gasteiger partial charge in [0, 0.05) is 6.07 Å². The zero-order chi connectivity index (χ0) is 21.0. The van der Waals surface area contributed by atoms with Crippen LogP contribution < -0.4 is 21.1 Å². The Kier molecular flexibility index (Phi) is 5.74. The van der Waals surface area contributed by atoms with Gasteiger partial charge < -0.3 is 21.1 Å². The number of carbonyl (C=O) groups excluding carboxylic acids is 1. The van der Waals surface area contributed by atoms with Crippen molar-refractivity contribution in [2.45, 2.75) is 0 Å². The van der Waals surface area contributed by atoms with E-state index in [0.717, 1.165) is 0 Å². The number of aromatic nitrogens is 2. The van der Waals surface area contributed by atoms with E-state index in [2.05, 4.69) is 20.6 Å². The molecule has 0 bridgehead atoms. The lowest BCUT2D eigenvalue weighted by Crippen LogP contribution is -2.13. The molecule has 3 aromatic rings. The summed E-state index contributed by atoms with van der Waals surface area (Å²) in [4.78, 5) is 30.4. The predicted octanol–water partition coefficient (Wildman–Crippen LogP) is 3.63. The third kappa shape index (κ3) is 4.50. The van der Waals surface area contributed by atoms with Gasteiger partial charge in [0.05, 0.1) is 41.2 Å². The van der Waals surface area contributed by atoms with Crippen LogP contribution in [0.1, 0.15) is 10.4 Å². The fourth-order valence-electron chi connectivity index (χ4n) is 2.47. The minimum absolute atomic E-state index is 0.116. The molecule has 0 radical (unpaired) electrons. The number of anilines is 4. The highest BCUT2D eigenvalue weighted by atomic mass is 35.5. The Hall–Kier alpha value is -3.92. The molecule has 1 amide bonds. The van der Waals surface area contributed by atoms with Gasteiger partial charge in [0.2, 0.25) is 5.95 Å². The fourth-order valence-corrected chi connectivity index (χ4v) is 2.61. The lowest BCUT2D eigenvalue weighted by Gasteiger charge is -2.13. The predicted molar refractivity (Wildman–Crippen MR) is 108 cm³/mol. The largest absolute Gasteiger partial charge is 0.494 e. The molecular formula is C18H15ClN6O4. The minimum atomic E-state index is -0.604. The molecule has 148 valence electrons. The number of para-hydroxylation sites is 1. The van der Waals surface area contributed by atoms with Gasteiger partial charge in [-0.1, -0.05) is 23.7 Å². The summed E-state index contributed by atoms with van der Waals surface area (Å²) < 4.78 is 5.18. The van der Waals surface area contributed by atoms with Gasteiger partial charge in [0.25, 0.3) is 11.6 Å². The van der Waals surface area contributed by atoms with E-state index in [4.69, 9.17) is 22.1 Å². The maximum atomic E-state index is 11.6. The van der Waals surface area contributed by atoms with Gasteiger partial charge in [0.15, 0.2) is 5.82 Å². The standard InChI is InChI=1S/C18H15ClN6O4/c1-29-15-8-10(25(27)28)6-7-14(15)23-18-21-9-12(19)17(24-18)22-13-5-3-2-4-11(13)16(20)26/h2-9H,1H3,(H2,20,26)(H2,21,22,23,24). The van der Waals surface area contributed by atoms with Crippen LogP contribution in [0.15, 0.2) is 48.7 Å². The van der Waals surface area contributed by atoms with Gasteiger partial charge in [-0.3, -0.25) is 14.9 Å². The smallest absolute Gasteiger partial charge is 0.273 e. The summed E-state index contributed by atoms with van der Waals surface area (Å²) in [6, 6.07) is 10.7. The highest BCUT2D eigenvalue weighted by Crippen LogP contribution is 2.32. The van der Waals surface area contributed by atoms with Crippen molar-refractivity contribution >= 4 is 46.3 Å². The third-order valence-corrected chi connectivity index (χ3v) is 4.11. The van der Waals surface area contributed by atoms with E-state index in [1.807, 2.05) is 0 Å². The zero-order valence-corrected chi connectivity index (χ0v) is 15.8. The highest BCUT2D eigenvalue weighted by molar-refractivity contribution is 6.33. The lowest BCUT2D eigenvalue weighted by atomic mass is 10.1. The molecule has 4 N–H and O–H groups in total. The molecular weight excluding hydrogens is 400 g/mol. The molecule has 0 aliphatic rings. The second-order valence-electron chi connectivity index (χ2n) is 5.69. The second-order valence-corrected chi connectivity index (χ2v) is 6.10. The quantitative estimate of drug-likeness (QED) is 0.392. The number of nitrogens with zero attached hydrogens (tertiary/aromatic N) is 3. The number of hydrogen-bond acceptors (Lipinski definition) is 8. The Morgan fingerprint density at radius 1 is 1.21 bits per heavy atom. The van der Waals surface area contributed by atoms with Gasteiger partial charge in [-0.15, -0.1) is 0 Å². The number of halogens is 1. The first-order valence-electron chi connectivity index (χ1n) is 8.17. The molecule has 0 atom stereocenters. The van der Waals surface area contributed by atoms with Crippen LogP contribution in [0.4, 0.5) is 28.8 Å². The number of nitrogens with one attached hydrogen (secondary N) is 2. The Bertz CT molecular complexity index is 1090. The minimum Gasteiger partial charge on any atom is -0.494 e. The number of non-ortho nitro benzene ring substituents is 1. The van der Waals surface area contributed by atoms with Crippen molar-refractivity contribution in [1.82, 2.24) is 9.97 Å².